The summed E-state index contributed by atoms with van der Waals surface area (Å²) in [6, 6.07) is 1.32. The number of nitrogens with two attached hydrogens (primary N) is 1. The van der Waals surface area contributed by atoms with Crippen LogP contribution in [0.25, 0.3) is 0 Å². The number of aromatic carboxylic acids is 1. The van der Waals surface area contributed by atoms with E-state index in [1.165, 1.54) is 12.3 Å². The SMILES string of the molecule is Nn1nccc1C(=O)O. The largest absolute Gasteiger partial charge is 0.476 e. The van der Waals surface area contributed by atoms with Gasteiger partial charge in [-0.25, -0.2) is 4.79 Å². The summed E-state index contributed by atoms with van der Waals surface area (Å²) in [5.74, 6) is 3.99. The first kappa shape index (κ1) is 5.61. The Morgan fingerprint density at radius 2 is 2.56 bits per heavy atom. The van der Waals surface area contributed by atoms with E-state index in [1.807, 2.05) is 0 Å². The summed E-state index contributed by atoms with van der Waals surface area (Å²) in [5, 5.41) is 11.8. The summed E-state index contributed by atoms with van der Waals surface area (Å²) in [6.07, 6.45) is 1.32. The number of hydrogen-bond acceptors (Lipinski definition) is 3. The Hall–Kier alpha value is -1.52. The summed E-state index contributed by atoms with van der Waals surface area (Å²) in [5.41, 5.74) is -0.0185. The topological polar surface area (TPSA) is 81.1 Å². The Labute approximate surface area is 50.7 Å². The van der Waals surface area contributed by atoms with Crippen LogP contribution in [0.4, 0.5) is 0 Å². The van der Waals surface area contributed by atoms with Gasteiger partial charge < -0.3 is 10.9 Å². The number of carboxylic acid groups (broad SMARTS) is 1. The Balaban J connectivity index is 3.08. The van der Waals surface area contributed by atoms with E-state index in [1.54, 1.807) is 0 Å². The van der Waals surface area contributed by atoms with E-state index in [-0.39, 0.29) is 5.69 Å². The number of aromatic nitrogens is 2. The molecular weight excluding hydrogens is 122 g/mol. The van der Waals surface area contributed by atoms with Crippen molar-refractivity contribution in [2.45, 2.75) is 0 Å². The van der Waals surface area contributed by atoms with E-state index in [4.69, 9.17) is 10.9 Å². The van der Waals surface area contributed by atoms with Gasteiger partial charge in [0.1, 0.15) is 0 Å². The zero-order valence-corrected chi connectivity index (χ0v) is 4.48. The maximum absolute atomic E-state index is 10.1. The van der Waals surface area contributed by atoms with Crippen LogP contribution in [-0.4, -0.2) is 21.0 Å². The van der Waals surface area contributed by atoms with Crippen molar-refractivity contribution in [1.82, 2.24) is 9.89 Å². The van der Waals surface area contributed by atoms with Crippen LogP contribution in [-0.2, 0) is 0 Å². The molecule has 0 bridgehead atoms. The lowest BCUT2D eigenvalue weighted by molar-refractivity contribution is 0.0686. The highest BCUT2D eigenvalue weighted by molar-refractivity contribution is 5.85. The molecule has 5 heteroatoms. The van der Waals surface area contributed by atoms with Crippen molar-refractivity contribution >= 4 is 5.97 Å². The number of hydrogen-bond donors (Lipinski definition) is 2. The Morgan fingerprint density at radius 1 is 1.89 bits per heavy atom. The van der Waals surface area contributed by atoms with Crippen LogP contribution in [0.2, 0.25) is 0 Å². The number of carbonyl (C=O) groups is 1. The molecule has 48 valence electrons. The minimum atomic E-state index is -1.07. The Kier molecular flexibility index (Phi) is 1.11. The minimum Gasteiger partial charge on any atom is -0.476 e. The molecule has 5 nitrogen and oxygen atoms in total. The second-order valence-electron chi connectivity index (χ2n) is 1.47. The van der Waals surface area contributed by atoms with Gasteiger partial charge in [-0.05, 0) is 6.07 Å². The first-order chi connectivity index (χ1) is 4.22. The van der Waals surface area contributed by atoms with E-state index in [9.17, 15) is 4.79 Å². The zero-order valence-electron chi connectivity index (χ0n) is 4.48. The summed E-state index contributed by atoms with van der Waals surface area (Å²) in [4.78, 5) is 10.9. The fourth-order valence-corrected chi connectivity index (χ4v) is 0.484. The van der Waals surface area contributed by atoms with Crippen LogP contribution in [0.15, 0.2) is 12.3 Å². The average molecular weight is 127 g/mol. The number of nitrogens with zero attached hydrogens (tertiary/aromatic N) is 2. The molecule has 0 radical (unpaired) electrons. The molecular formula is C4H5N3O2. The van der Waals surface area contributed by atoms with E-state index >= 15 is 0 Å². The fraction of sp³-hybridized carbons (Fsp3) is 0. The lowest BCUT2D eigenvalue weighted by atomic mass is 10.4. The first-order valence-corrected chi connectivity index (χ1v) is 2.24. The summed E-state index contributed by atoms with van der Waals surface area (Å²) in [6.45, 7) is 0. The molecule has 0 aliphatic carbocycles. The molecule has 9 heavy (non-hydrogen) atoms. The zero-order chi connectivity index (χ0) is 6.85. The van der Waals surface area contributed by atoms with Crippen LogP contribution in [0.3, 0.4) is 0 Å². The quantitative estimate of drug-likeness (QED) is 0.488. The lowest BCUT2D eigenvalue weighted by Crippen LogP contribution is -2.17. The number of rotatable bonds is 1. The van der Waals surface area contributed by atoms with Gasteiger partial charge in [0.15, 0.2) is 5.69 Å². The standard InChI is InChI=1S/C4H5N3O2/c5-7-3(4(8)9)1-2-6-7/h1-2H,5H2,(H,8,9). The van der Waals surface area contributed by atoms with Gasteiger partial charge in [0.25, 0.3) is 0 Å². The third kappa shape index (κ3) is 0.835. The smallest absolute Gasteiger partial charge is 0.356 e. The van der Waals surface area contributed by atoms with Crippen LogP contribution in [0, 0.1) is 0 Å². The fourth-order valence-electron chi connectivity index (χ4n) is 0.484. The maximum atomic E-state index is 10.1. The highest BCUT2D eigenvalue weighted by Gasteiger charge is 2.05. The second kappa shape index (κ2) is 1.77. The van der Waals surface area contributed by atoms with Gasteiger partial charge in [-0.2, -0.15) is 9.89 Å². The molecule has 0 unspecified atom stereocenters. The van der Waals surface area contributed by atoms with Crippen LogP contribution < -0.4 is 5.84 Å². The molecule has 1 heterocycles. The number of carboxylic acids is 1. The molecule has 0 saturated heterocycles. The maximum Gasteiger partial charge on any atom is 0.356 e. The van der Waals surface area contributed by atoms with Crippen molar-refractivity contribution in [3.8, 4) is 0 Å². The molecule has 1 aromatic heterocycles. The lowest BCUT2D eigenvalue weighted by Gasteiger charge is -1.91. The van der Waals surface area contributed by atoms with E-state index in [2.05, 4.69) is 5.10 Å². The Morgan fingerprint density at radius 3 is 2.78 bits per heavy atom. The summed E-state index contributed by atoms with van der Waals surface area (Å²) >= 11 is 0. The van der Waals surface area contributed by atoms with Gasteiger partial charge in [0.2, 0.25) is 0 Å². The molecule has 0 spiro atoms. The highest BCUT2D eigenvalue weighted by Crippen LogP contribution is 1.91. The highest BCUT2D eigenvalue weighted by atomic mass is 16.4. The van der Waals surface area contributed by atoms with Crippen molar-refractivity contribution in [1.29, 1.82) is 0 Å². The van der Waals surface area contributed by atoms with Gasteiger partial charge in [-0.15, -0.1) is 0 Å². The number of nitrogen functional groups attached to an aromatic ring is 1. The van der Waals surface area contributed by atoms with Crippen molar-refractivity contribution in [3.63, 3.8) is 0 Å². The molecule has 0 atom stereocenters. The van der Waals surface area contributed by atoms with Gasteiger partial charge in [0.05, 0.1) is 6.20 Å². The van der Waals surface area contributed by atoms with E-state index in [0.717, 1.165) is 4.79 Å². The monoisotopic (exact) mass is 127 g/mol. The van der Waals surface area contributed by atoms with Gasteiger partial charge in [-0.1, -0.05) is 0 Å². The molecule has 0 aliphatic heterocycles. The second-order valence-corrected chi connectivity index (χ2v) is 1.47. The predicted octanol–water partition coefficient (Wildman–Crippen LogP) is -0.705. The molecule has 0 aliphatic rings. The predicted molar refractivity (Wildman–Crippen MR) is 29.3 cm³/mol. The molecule has 1 aromatic rings. The van der Waals surface area contributed by atoms with Crippen molar-refractivity contribution in [2.24, 2.45) is 0 Å². The molecule has 0 aromatic carbocycles. The molecule has 0 amide bonds. The van der Waals surface area contributed by atoms with Gasteiger partial charge in [-0.3, -0.25) is 0 Å². The van der Waals surface area contributed by atoms with Gasteiger partial charge in [0, 0.05) is 0 Å². The van der Waals surface area contributed by atoms with E-state index < -0.39 is 5.97 Å². The van der Waals surface area contributed by atoms with Crippen molar-refractivity contribution in [3.05, 3.63) is 18.0 Å². The summed E-state index contributed by atoms with van der Waals surface area (Å²) in [7, 11) is 0. The van der Waals surface area contributed by atoms with E-state index in [0.29, 0.717) is 0 Å². The third-order valence-electron chi connectivity index (χ3n) is 0.889. The summed E-state index contributed by atoms with van der Waals surface area (Å²) < 4.78 is 0. The first-order valence-electron chi connectivity index (χ1n) is 2.24. The van der Waals surface area contributed by atoms with Gasteiger partial charge >= 0.3 is 5.97 Å². The van der Waals surface area contributed by atoms with Crippen LogP contribution in [0.1, 0.15) is 10.5 Å². The normalized spacial score (nSPS) is 9.33. The minimum absolute atomic E-state index is 0.0185. The van der Waals surface area contributed by atoms with Crippen molar-refractivity contribution < 1.29 is 9.90 Å². The van der Waals surface area contributed by atoms with Crippen LogP contribution >= 0.6 is 0 Å². The molecule has 0 saturated carbocycles. The van der Waals surface area contributed by atoms with Crippen LogP contribution in [0.5, 0.6) is 0 Å². The molecule has 3 N–H and O–H groups in total. The Bertz CT molecular complexity index is 229. The van der Waals surface area contributed by atoms with Crippen molar-refractivity contribution in [2.75, 3.05) is 5.84 Å². The molecule has 1 rings (SSSR count). The third-order valence-corrected chi connectivity index (χ3v) is 0.889. The molecule has 0 fully saturated rings. The average Bonchev–Trinajstić information content (AvgIpc) is 2.13.